The van der Waals surface area contributed by atoms with E-state index in [9.17, 15) is 4.79 Å². The standard InChI is InChI=1S/C18H27O2S.HI/c1-21(2)14-13-20-18(19)17(15-9-5-3-6-10-15)16-11-7-4-8-12-16;/h3,5-6,9-10,16-17H,4,7-8,11-14H2,1-2H3;1H/q+1;/p-1/t17-;/m0./s1. The van der Waals surface area contributed by atoms with E-state index in [0.29, 0.717) is 23.4 Å². The molecule has 1 atom stereocenters. The molecule has 2 rings (SSSR count). The van der Waals surface area contributed by atoms with Crippen LogP contribution in [0, 0.1) is 5.92 Å². The average molecular weight is 434 g/mol. The van der Waals surface area contributed by atoms with Crippen molar-refractivity contribution in [2.24, 2.45) is 5.92 Å². The average Bonchev–Trinajstić information content (AvgIpc) is 2.49. The maximum absolute atomic E-state index is 12.6. The van der Waals surface area contributed by atoms with E-state index in [0.717, 1.165) is 24.2 Å². The second-order valence-corrected chi connectivity index (χ2v) is 8.52. The van der Waals surface area contributed by atoms with Crippen molar-refractivity contribution >= 4 is 16.9 Å². The molecular weight excluding hydrogens is 407 g/mol. The Morgan fingerprint density at radius 3 is 2.41 bits per heavy atom. The first kappa shape index (κ1) is 19.8. The predicted molar refractivity (Wildman–Crippen MR) is 90.8 cm³/mol. The summed E-state index contributed by atoms with van der Waals surface area (Å²) in [6, 6.07) is 10.2. The zero-order valence-electron chi connectivity index (χ0n) is 13.6. The summed E-state index contributed by atoms with van der Waals surface area (Å²) < 4.78 is 5.59. The highest BCUT2D eigenvalue weighted by molar-refractivity contribution is 7.95. The molecule has 1 aromatic rings. The molecule has 1 fully saturated rings. The van der Waals surface area contributed by atoms with Crippen LogP contribution in [0.5, 0.6) is 0 Å². The van der Waals surface area contributed by atoms with Gasteiger partial charge >= 0.3 is 5.97 Å². The van der Waals surface area contributed by atoms with Crippen LogP contribution in [0.1, 0.15) is 43.6 Å². The van der Waals surface area contributed by atoms with E-state index in [1.165, 1.54) is 19.3 Å². The molecule has 4 heteroatoms. The lowest BCUT2D eigenvalue weighted by Gasteiger charge is -2.29. The van der Waals surface area contributed by atoms with E-state index >= 15 is 0 Å². The Morgan fingerprint density at radius 1 is 1.18 bits per heavy atom. The molecule has 22 heavy (non-hydrogen) atoms. The lowest BCUT2D eigenvalue weighted by molar-refractivity contribution is -0.146. The maximum atomic E-state index is 12.6. The van der Waals surface area contributed by atoms with Crippen LogP contribution >= 0.6 is 0 Å². The summed E-state index contributed by atoms with van der Waals surface area (Å²) in [6.45, 7) is 0.561. The van der Waals surface area contributed by atoms with E-state index in [1.54, 1.807) is 0 Å². The van der Waals surface area contributed by atoms with Crippen molar-refractivity contribution in [3.05, 3.63) is 35.9 Å². The minimum Gasteiger partial charge on any atom is -1.00 e. The predicted octanol–water partition coefficient (Wildman–Crippen LogP) is 0.776. The fraction of sp³-hybridized carbons (Fsp3) is 0.611. The van der Waals surface area contributed by atoms with Gasteiger partial charge in [0.2, 0.25) is 0 Å². The molecule has 1 aliphatic rings. The van der Waals surface area contributed by atoms with Gasteiger partial charge < -0.3 is 28.7 Å². The molecule has 1 saturated carbocycles. The quantitative estimate of drug-likeness (QED) is 0.376. The number of halogens is 1. The van der Waals surface area contributed by atoms with Crippen LogP contribution in [-0.2, 0) is 20.4 Å². The molecule has 0 radical (unpaired) electrons. The van der Waals surface area contributed by atoms with Gasteiger partial charge in [0.05, 0.1) is 18.4 Å². The van der Waals surface area contributed by atoms with Crippen molar-refractivity contribution in [2.75, 3.05) is 24.9 Å². The van der Waals surface area contributed by atoms with Gasteiger partial charge in [-0.15, -0.1) is 0 Å². The van der Waals surface area contributed by atoms with Gasteiger partial charge in [0.1, 0.15) is 12.4 Å². The fourth-order valence-corrected chi connectivity index (χ4v) is 3.54. The smallest absolute Gasteiger partial charge is 0.313 e. The molecule has 0 saturated heterocycles. The summed E-state index contributed by atoms with van der Waals surface area (Å²) in [5, 5.41) is 0. The highest BCUT2D eigenvalue weighted by atomic mass is 127. The molecule has 0 spiro atoms. The van der Waals surface area contributed by atoms with E-state index in [2.05, 4.69) is 24.6 Å². The number of carbonyl (C=O) groups is 1. The highest BCUT2D eigenvalue weighted by Crippen LogP contribution is 2.36. The first-order valence-electron chi connectivity index (χ1n) is 7.94. The normalized spacial score (nSPS) is 16.9. The largest absolute Gasteiger partial charge is 1.00 e. The molecule has 0 heterocycles. The third-order valence-corrected chi connectivity index (χ3v) is 5.25. The van der Waals surface area contributed by atoms with E-state index in [-0.39, 0.29) is 35.9 Å². The van der Waals surface area contributed by atoms with Gasteiger partial charge in [-0.1, -0.05) is 49.6 Å². The molecule has 1 aliphatic carbocycles. The van der Waals surface area contributed by atoms with Crippen molar-refractivity contribution in [1.29, 1.82) is 0 Å². The van der Waals surface area contributed by atoms with Crippen LogP contribution in [0.15, 0.2) is 30.3 Å². The monoisotopic (exact) mass is 434 g/mol. The molecular formula is C18H27IO2S. The molecule has 0 bridgehead atoms. The Balaban J connectivity index is 0.00000242. The summed E-state index contributed by atoms with van der Waals surface area (Å²) in [5.74, 6) is 1.34. The first-order chi connectivity index (χ1) is 10.2. The Labute approximate surface area is 154 Å². The zero-order valence-corrected chi connectivity index (χ0v) is 16.6. The number of esters is 1. The SMILES string of the molecule is C[S+](C)CCOC(=O)[C@@H](c1ccccc1)C1CCCCC1.[I-]. The second-order valence-electron chi connectivity index (χ2n) is 6.14. The minimum atomic E-state index is -0.0676. The third-order valence-electron chi connectivity index (χ3n) is 4.27. The van der Waals surface area contributed by atoms with Crippen LogP contribution < -0.4 is 24.0 Å². The maximum Gasteiger partial charge on any atom is 0.313 e. The topological polar surface area (TPSA) is 26.3 Å². The van der Waals surface area contributed by atoms with Gasteiger partial charge in [0.15, 0.2) is 0 Å². The zero-order chi connectivity index (χ0) is 15.1. The number of ether oxygens (including phenoxy) is 1. The highest BCUT2D eigenvalue weighted by Gasteiger charge is 2.32. The molecule has 0 amide bonds. The molecule has 1 aromatic carbocycles. The Kier molecular flexibility index (Phi) is 9.48. The van der Waals surface area contributed by atoms with E-state index in [1.807, 2.05) is 18.2 Å². The van der Waals surface area contributed by atoms with Crippen LogP contribution in [0.25, 0.3) is 0 Å². The lowest BCUT2D eigenvalue weighted by Crippen LogP contribution is -3.00. The van der Waals surface area contributed by atoms with Crippen LogP contribution in [0.3, 0.4) is 0 Å². The number of benzene rings is 1. The van der Waals surface area contributed by atoms with Gasteiger partial charge in [0.25, 0.3) is 0 Å². The van der Waals surface area contributed by atoms with E-state index in [4.69, 9.17) is 4.74 Å². The van der Waals surface area contributed by atoms with Gasteiger partial charge in [-0.05, 0) is 35.2 Å². The van der Waals surface area contributed by atoms with Crippen LogP contribution in [0.4, 0.5) is 0 Å². The van der Waals surface area contributed by atoms with Crippen molar-refractivity contribution in [3.63, 3.8) is 0 Å². The van der Waals surface area contributed by atoms with Gasteiger partial charge in [-0.3, -0.25) is 4.79 Å². The summed E-state index contributed by atoms with van der Waals surface area (Å²) in [7, 11) is 0.328. The second kappa shape index (κ2) is 10.5. The number of hydrogen-bond donors (Lipinski definition) is 0. The molecule has 124 valence electrons. The molecule has 0 N–H and O–H groups in total. The fourth-order valence-electron chi connectivity index (χ4n) is 3.13. The summed E-state index contributed by atoms with van der Waals surface area (Å²) in [6.07, 6.45) is 10.5. The molecule has 2 nitrogen and oxygen atoms in total. The Hall–Kier alpha value is -0.230. The van der Waals surface area contributed by atoms with Gasteiger partial charge in [-0.25, -0.2) is 0 Å². The number of carbonyl (C=O) groups excluding carboxylic acids is 1. The summed E-state index contributed by atoms with van der Waals surface area (Å²) >= 11 is 0. The molecule has 0 aliphatic heterocycles. The number of hydrogen-bond acceptors (Lipinski definition) is 2. The molecule has 0 aromatic heterocycles. The lowest BCUT2D eigenvalue weighted by atomic mass is 9.77. The van der Waals surface area contributed by atoms with Crippen molar-refractivity contribution in [3.8, 4) is 0 Å². The number of rotatable bonds is 6. The van der Waals surface area contributed by atoms with Crippen molar-refractivity contribution in [2.45, 2.75) is 38.0 Å². The minimum absolute atomic E-state index is 0. The summed E-state index contributed by atoms with van der Waals surface area (Å²) in [5.41, 5.74) is 1.13. The Morgan fingerprint density at radius 2 is 1.82 bits per heavy atom. The molecule has 0 unspecified atom stereocenters. The van der Waals surface area contributed by atoms with Crippen LogP contribution in [0.2, 0.25) is 0 Å². The van der Waals surface area contributed by atoms with Gasteiger partial charge in [-0.2, -0.15) is 0 Å². The van der Waals surface area contributed by atoms with Crippen molar-refractivity contribution < 1.29 is 33.5 Å². The van der Waals surface area contributed by atoms with Crippen LogP contribution in [-0.4, -0.2) is 30.8 Å². The van der Waals surface area contributed by atoms with Crippen molar-refractivity contribution in [1.82, 2.24) is 0 Å². The van der Waals surface area contributed by atoms with E-state index < -0.39 is 0 Å². The Bertz CT molecular complexity index is 430. The third kappa shape index (κ3) is 6.11. The van der Waals surface area contributed by atoms with Gasteiger partial charge in [0, 0.05) is 0 Å². The summed E-state index contributed by atoms with van der Waals surface area (Å²) in [4.78, 5) is 12.6. The first-order valence-corrected chi connectivity index (χ1v) is 10.2.